The van der Waals surface area contributed by atoms with Gasteiger partial charge in [0.15, 0.2) is 0 Å². The lowest BCUT2D eigenvalue weighted by molar-refractivity contribution is -0.151. The number of hydrogen-bond donors (Lipinski definition) is 1. The summed E-state index contributed by atoms with van der Waals surface area (Å²) in [7, 11) is 0. The summed E-state index contributed by atoms with van der Waals surface area (Å²) in [5, 5.41) is 9.11. The predicted molar refractivity (Wildman–Crippen MR) is 78.3 cm³/mol. The zero-order chi connectivity index (χ0) is 15.3. The van der Waals surface area contributed by atoms with E-state index in [1.807, 2.05) is 38.1 Å². The lowest BCUT2D eigenvalue weighted by Crippen LogP contribution is -2.36. The molecule has 1 amide bonds. The fourth-order valence-corrected chi connectivity index (χ4v) is 1.93. The maximum absolute atomic E-state index is 12.3. The summed E-state index contributed by atoms with van der Waals surface area (Å²) in [6.45, 7) is 8.17. The van der Waals surface area contributed by atoms with E-state index in [9.17, 15) is 9.59 Å². The van der Waals surface area contributed by atoms with Crippen LogP contribution < -0.4 is 0 Å². The smallest absolute Gasteiger partial charge is 0.309 e. The minimum atomic E-state index is -1.03. The summed E-state index contributed by atoms with van der Waals surface area (Å²) in [5.74, 6) is -1.07. The van der Waals surface area contributed by atoms with Gasteiger partial charge in [-0.15, -0.1) is 0 Å². The van der Waals surface area contributed by atoms with Gasteiger partial charge in [0, 0.05) is 19.5 Å². The monoisotopic (exact) mass is 277 g/mol. The van der Waals surface area contributed by atoms with Crippen LogP contribution in [0.5, 0.6) is 0 Å². The van der Waals surface area contributed by atoms with Crippen molar-refractivity contribution in [3.8, 4) is 0 Å². The van der Waals surface area contributed by atoms with Gasteiger partial charge >= 0.3 is 5.97 Å². The topological polar surface area (TPSA) is 57.6 Å². The highest BCUT2D eigenvalue weighted by atomic mass is 16.4. The molecule has 0 aliphatic heterocycles. The lowest BCUT2D eigenvalue weighted by atomic mass is 9.89. The highest BCUT2D eigenvalue weighted by Crippen LogP contribution is 2.22. The van der Waals surface area contributed by atoms with Crippen molar-refractivity contribution in [1.82, 2.24) is 4.90 Å². The fraction of sp³-hybridized carbons (Fsp3) is 0.500. The fourth-order valence-electron chi connectivity index (χ4n) is 1.93. The number of carboxylic acid groups (broad SMARTS) is 1. The molecule has 0 saturated carbocycles. The SMILES string of the molecule is CCN(Cc1ccccc1C)C(=O)CC(C)(C)C(=O)O. The van der Waals surface area contributed by atoms with Crippen LogP contribution in [0.25, 0.3) is 0 Å². The molecule has 4 nitrogen and oxygen atoms in total. The van der Waals surface area contributed by atoms with E-state index in [1.165, 1.54) is 0 Å². The number of aliphatic carboxylic acids is 1. The minimum Gasteiger partial charge on any atom is -0.481 e. The third kappa shape index (κ3) is 4.08. The molecule has 0 saturated heterocycles. The van der Waals surface area contributed by atoms with Crippen molar-refractivity contribution in [2.24, 2.45) is 5.41 Å². The lowest BCUT2D eigenvalue weighted by Gasteiger charge is -2.26. The molecule has 0 aliphatic carbocycles. The second-order valence-electron chi connectivity index (χ2n) is 5.70. The summed E-state index contributed by atoms with van der Waals surface area (Å²) >= 11 is 0. The summed E-state index contributed by atoms with van der Waals surface area (Å²) in [5.41, 5.74) is 1.20. The number of aryl methyl sites for hydroxylation is 1. The molecule has 0 bridgehead atoms. The van der Waals surface area contributed by atoms with E-state index in [1.54, 1.807) is 18.7 Å². The molecule has 0 aliphatic rings. The van der Waals surface area contributed by atoms with Gasteiger partial charge in [-0.1, -0.05) is 24.3 Å². The number of carboxylic acids is 1. The Kier molecular flexibility index (Phi) is 5.31. The number of amides is 1. The van der Waals surface area contributed by atoms with Gasteiger partial charge in [0.2, 0.25) is 5.91 Å². The zero-order valence-electron chi connectivity index (χ0n) is 12.6. The summed E-state index contributed by atoms with van der Waals surface area (Å²) in [4.78, 5) is 25.1. The molecule has 0 atom stereocenters. The molecule has 1 aromatic rings. The van der Waals surface area contributed by atoms with Crippen LogP contribution in [0.3, 0.4) is 0 Å². The highest BCUT2D eigenvalue weighted by Gasteiger charge is 2.31. The van der Waals surface area contributed by atoms with E-state index < -0.39 is 11.4 Å². The Morgan fingerprint density at radius 3 is 2.35 bits per heavy atom. The molecule has 0 radical (unpaired) electrons. The Morgan fingerprint density at radius 1 is 1.25 bits per heavy atom. The molecular weight excluding hydrogens is 254 g/mol. The van der Waals surface area contributed by atoms with Gasteiger partial charge in [-0.3, -0.25) is 9.59 Å². The van der Waals surface area contributed by atoms with Gasteiger partial charge in [0.25, 0.3) is 0 Å². The Balaban J connectivity index is 2.79. The first-order chi connectivity index (χ1) is 9.27. The molecule has 20 heavy (non-hydrogen) atoms. The molecule has 1 rings (SSSR count). The largest absolute Gasteiger partial charge is 0.481 e. The third-order valence-electron chi connectivity index (χ3n) is 3.53. The predicted octanol–water partition coefficient (Wildman–Crippen LogP) is 2.84. The Morgan fingerprint density at radius 2 is 1.85 bits per heavy atom. The van der Waals surface area contributed by atoms with Gasteiger partial charge in [0.1, 0.15) is 0 Å². The second kappa shape index (κ2) is 6.55. The van der Waals surface area contributed by atoms with Gasteiger partial charge in [0.05, 0.1) is 5.41 Å². The first-order valence-corrected chi connectivity index (χ1v) is 6.83. The van der Waals surface area contributed by atoms with E-state index in [4.69, 9.17) is 5.11 Å². The van der Waals surface area contributed by atoms with Crippen LogP contribution in [0.4, 0.5) is 0 Å². The first-order valence-electron chi connectivity index (χ1n) is 6.83. The summed E-state index contributed by atoms with van der Waals surface area (Å²) < 4.78 is 0. The number of rotatable bonds is 6. The van der Waals surface area contributed by atoms with Crippen molar-refractivity contribution in [3.63, 3.8) is 0 Å². The normalized spacial score (nSPS) is 11.2. The van der Waals surface area contributed by atoms with E-state index in [0.29, 0.717) is 13.1 Å². The average molecular weight is 277 g/mol. The minimum absolute atomic E-state index is 0.0159. The van der Waals surface area contributed by atoms with Crippen molar-refractivity contribution in [3.05, 3.63) is 35.4 Å². The van der Waals surface area contributed by atoms with Crippen molar-refractivity contribution in [1.29, 1.82) is 0 Å². The quantitative estimate of drug-likeness (QED) is 0.870. The number of nitrogens with zero attached hydrogens (tertiary/aromatic N) is 1. The van der Waals surface area contributed by atoms with Crippen molar-refractivity contribution >= 4 is 11.9 Å². The molecule has 4 heteroatoms. The van der Waals surface area contributed by atoms with E-state index in [0.717, 1.165) is 11.1 Å². The molecule has 1 aromatic carbocycles. The Bertz CT molecular complexity index is 494. The standard InChI is InChI=1S/C16H23NO3/c1-5-17(11-13-9-7-6-8-12(13)2)14(18)10-16(3,4)15(19)20/h6-9H,5,10-11H2,1-4H3,(H,19,20). The zero-order valence-corrected chi connectivity index (χ0v) is 12.6. The van der Waals surface area contributed by atoms with E-state index in [-0.39, 0.29) is 12.3 Å². The second-order valence-corrected chi connectivity index (χ2v) is 5.70. The van der Waals surface area contributed by atoms with Crippen LogP contribution in [0.1, 0.15) is 38.3 Å². The van der Waals surface area contributed by atoms with Crippen LogP contribution in [0, 0.1) is 12.3 Å². The molecule has 0 fully saturated rings. The van der Waals surface area contributed by atoms with Crippen LogP contribution in [-0.4, -0.2) is 28.4 Å². The van der Waals surface area contributed by atoms with E-state index >= 15 is 0 Å². The maximum atomic E-state index is 12.3. The Hall–Kier alpha value is -1.84. The van der Waals surface area contributed by atoms with Crippen LogP contribution in [0.2, 0.25) is 0 Å². The van der Waals surface area contributed by atoms with Crippen molar-refractivity contribution in [2.75, 3.05) is 6.54 Å². The average Bonchev–Trinajstić information content (AvgIpc) is 2.36. The first kappa shape index (κ1) is 16.2. The third-order valence-corrected chi connectivity index (χ3v) is 3.53. The number of carbonyl (C=O) groups is 2. The van der Waals surface area contributed by atoms with Crippen LogP contribution >= 0.6 is 0 Å². The number of hydrogen-bond acceptors (Lipinski definition) is 2. The van der Waals surface area contributed by atoms with Crippen molar-refractivity contribution < 1.29 is 14.7 Å². The summed E-state index contributed by atoms with van der Waals surface area (Å²) in [6, 6.07) is 7.91. The number of benzene rings is 1. The molecule has 110 valence electrons. The molecule has 0 aromatic heterocycles. The van der Waals surface area contributed by atoms with E-state index in [2.05, 4.69) is 0 Å². The van der Waals surface area contributed by atoms with Gasteiger partial charge in [-0.25, -0.2) is 0 Å². The van der Waals surface area contributed by atoms with Crippen molar-refractivity contribution in [2.45, 2.75) is 40.7 Å². The van der Waals surface area contributed by atoms with Crippen LogP contribution in [0.15, 0.2) is 24.3 Å². The Labute approximate surface area is 120 Å². The molecular formula is C16H23NO3. The van der Waals surface area contributed by atoms with Crippen LogP contribution in [-0.2, 0) is 16.1 Å². The van der Waals surface area contributed by atoms with Gasteiger partial charge < -0.3 is 10.0 Å². The number of carbonyl (C=O) groups excluding carboxylic acids is 1. The molecule has 1 N–H and O–H groups in total. The summed E-state index contributed by atoms with van der Waals surface area (Å²) in [6.07, 6.45) is 0.0159. The highest BCUT2D eigenvalue weighted by molar-refractivity contribution is 5.84. The molecule has 0 unspecified atom stereocenters. The van der Waals surface area contributed by atoms with Gasteiger partial charge in [-0.05, 0) is 38.8 Å². The molecule has 0 heterocycles. The maximum Gasteiger partial charge on any atom is 0.309 e. The van der Waals surface area contributed by atoms with Gasteiger partial charge in [-0.2, -0.15) is 0 Å². The molecule has 0 spiro atoms.